The van der Waals surface area contributed by atoms with Crippen LogP contribution in [0.5, 0.6) is 0 Å². The van der Waals surface area contributed by atoms with Gasteiger partial charge in [0.25, 0.3) is 0 Å². The fraction of sp³-hybridized carbons (Fsp3) is 0.514. The maximum atomic E-state index is 14.3. The summed E-state index contributed by atoms with van der Waals surface area (Å²) in [7, 11) is 0. The number of carboxylic acids is 1. The number of nitrogens with two attached hydrogens (primary N) is 1. The fourth-order valence-electron chi connectivity index (χ4n) is 7.54. The number of benzene rings is 2. The van der Waals surface area contributed by atoms with Crippen LogP contribution in [0.4, 0.5) is 17.6 Å². The summed E-state index contributed by atoms with van der Waals surface area (Å²) in [6.07, 6.45) is -5.13. The Balaban J connectivity index is 1.60. The lowest BCUT2D eigenvalue weighted by Crippen LogP contribution is -2.64. The Hall–Kier alpha value is -4.50. The number of nitrogens with zero attached hydrogens (tertiary/aromatic N) is 1. The molecule has 0 spiro atoms. The third-order valence-corrected chi connectivity index (χ3v) is 10.7. The molecule has 52 heavy (non-hydrogen) atoms. The minimum atomic E-state index is -4.73. The zero-order valence-corrected chi connectivity index (χ0v) is 29.3. The van der Waals surface area contributed by atoms with E-state index in [0.717, 1.165) is 6.07 Å². The zero-order valence-electron chi connectivity index (χ0n) is 29.3. The third-order valence-electron chi connectivity index (χ3n) is 10.7. The van der Waals surface area contributed by atoms with Crippen LogP contribution in [0.25, 0.3) is 10.9 Å². The summed E-state index contributed by atoms with van der Waals surface area (Å²) in [5.41, 5.74) is 3.32. The number of aliphatic carboxylic acids is 1. The molecule has 1 aromatic heterocycles. The van der Waals surface area contributed by atoms with Crippen LogP contribution in [-0.4, -0.2) is 82.6 Å². The number of carbonyl (C=O) groups excluding carboxylic acids is 3. The summed E-state index contributed by atoms with van der Waals surface area (Å²) in [4.78, 5) is 58.2. The maximum absolute atomic E-state index is 14.3. The standard InChI is InChI=1S/C37H45F4N5O6/c1-4-20(2)30(43-29(47)17-22-8-5-6-11-27(22)38)34(49)45-36(35(50)51)18-24-23-9-7-10-26(37(39,40)41)32(23)44-31(24)25(19-36)28(16-21(3)33(42)48)46-12-14-52-15-13-46/h5-11,20-21,25,28,30,44H,4,12-19H2,1-3H3,(H2,42,48)(H,43,47)(H,45,49)(H,50,51)/t20?,21?,25?,28?,30?,36-/m0/s1. The number of alkyl halides is 3. The monoisotopic (exact) mass is 731 g/mol. The van der Waals surface area contributed by atoms with E-state index in [4.69, 9.17) is 10.5 Å². The van der Waals surface area contributed by atoms with Gasteiger partial charge in [0.15, 0.2) is 0 Å². The first kappa shape index (κ1) is 38.7. The van der Waals surface area contributed by atoms with Crippen molar-refractivity contribution in [1.82, 2.24) is 20.5 Å². The number of halogens is 4. The molecule has 1 aliphatic heterocycles. The molecule has 282 valence electrons. The number of rotatable bonds is 13. The van der Waals surface area contributed by atoms with E-state index in [-0.39, 0.29) is 42.1 Å². The van der Waals surface area contributed by atoms with Crippen molar-refractivity contribution in [1.29, 1.82) is 0 Å². The Morgan fingerprint density at radius 3 is 2.40 bits per heavy atom. The topological polar surface area (TPSA) is 167 Å². The number of primary amides is 1. The Labute approximate surface area is 298 Å². The van der Waals surface area contributed by atoms with Crippen LogP contribution in [0, 0.1) is 17.7 Å². The van der Waals surface area contributed by atoms with Gasteiger partial charge in [-0.05, 0) is 42.0 Å². The molecule has 1 fully saturated rings. The first-order valence-corrected chi connectivity index (χ1v) is 17.5. The van der Waals surface area contributed by atoms with Crippen LogP contribution in [0.2, 0.25) is 0 Å². The molecule has 6 N–H and O–H groups in total. The Morgan fingerprint density at radius 2 is 1.79 bits per heavy atom. The van der Waals surface area contributed by atoms with Crippen molar-refractivity contribution in [2.75, 3.05) is 26.3 Å². The zero-order chi connectivity index (χ0) is 38.0. The molecule has 15 heteroatoms. The van der Waals surface area contributed by atoms with E-state index in [1.807, 2.05) is 4.90 Å². The number of ether oxygens (including phenoxy) is 1. The predicted octanol–water partition coefficient (Wildman–Crippen LogP) is 4.28. The second kappa shape index (κ2) is 15.6. The Bertz CT molecular complexity index is 1810. The molecular weight excluding hydrogens is 686 g/mol. The van der Waals surface area contributed by atoms with Crippen LogP contribution in [-0.2, 0) is 42.9 Å². The molecule has 2 heterocycles. The van der Waals surface area contributed by atoms with Crippen molar-refractivity contribution < 1.29 is 46.6 Å². The average molecular weight is 732 g/mol. The predicted molar refractivity (Wildman–Crippen MR) is 184 cm³/mol. The van der Waals surface area contributed by atoms with Crippen LogP contribution < -0.4 is 16.4 Å². The van der Waals surface area contributed by atoms with E-state index in [1.165, 1.54) is 30.3 Å². The van der Waals surface area contributed by atoms with E-state index in [1.54, 1.807) is 26.8 Å². The number of aromatic amines is 1. The number of hydrogen-bond acceptors (Lipinski definition) is 6. The fourth-order valence-corrected chi connectivity index (χ4v) is 7.54. The summed E-state index contributed by atoms with van der Waals surface area (Å²) in [5, 5.41) is 16.5. The SMILES string of the molecule is CCC(C)C(NC(=O)Cc1ccccc1F)C(=O)N[C@@]1(C(=O)O)Cc2c([nH]c3c(C(F)(F)F)cccc23)C(C(CC(C)C(N)=O)N2CCOCC2)C1. The lowest BCUT2D eigenvalue weighted by atomic mass is 9.69. The van der Waals surface area contributed by atoms with Crippen molar-refractivity contribution in [2.24, 2.45) is 17.6 Å². The van der Waals surface area contributed by atoms with Gasteiger partial charge < -0.3 is 31.2 Å². The molecule has 1 saturated heterocycles. The molecule has 5 rings (SSSR count). The highest BCUT2D eigenvalue weighted by atomic mass is 19.4. The quantitative estimate of drug-likeness (QED) is 0.164. The van der Waals surface area contributed by atoms with Crippen molar-refractivity contribution in [3.8, 4) is 0 Å². The minimum absolute atomic E-state index is 0.116. The highest BCUT2D eigenvalue weighted by Gasteiger charge is 2.52. The van der Waals surface area contributed by atoms with E-state index in [0.29, 0.717) is 44.0 Å². The van der Waals surface area contributed by atoms with E-state index in [9.17, 15) is 41.8 Å². The average Bonchev–Trinajstić information content (AvgIpc) is 3.48. The molecule has 11 nitrogen and oxygen atoms in total. The van der Waals surface area contributed by atoms with E-state index in [2.05, 4.69) is 15.6 Å². The van der Waals surface area contributed by atoms with Gasteiger partial charge in [-0.15, -0.1) is 0 Å². The van der Waals surface area contributed by atoms with E-state index >= 15 is 0 Å². The van der Waals surface area contributed by atoms with Gasteiger partial charge in [-0.25, -0.2) is 9.18 Å². The molecule has 2 aliphatic rings. The first-order chi connectivity index (χ1) is 24.6. The summed E-state index contributed by atoms with van der Waals surface area (Å²) in [5.74, 6) is -6.03. The number of morpholine rings is 1. The van der Waals surface area contributed by atoms with Crippen molar-refractivity contribution >= 4 is 34.6 Å². The van der Waals surface area contributed by atoms with Crippen LogP contribution in [0.15, 0.2) is 42.5 Å². The lowest BCUT2D eigenvalue weighted by Gasteiger charge is -2.46. The molecule has 0 saturated carbocycles. The van der Waals surface area contributed by atoms with Crippen molar-refractivity contribution in [2.45, 2.75) is 82.6 Å². The molecule has 1 aliphatic carbocycles. The van der Waals surface area contributed by atoms with Gasteiger partial charge in [0.05, 0.1) is 30.7 Å². The van der Waals surface area contributed by atoms with Crippen LogP contribution in [0.1, 0.15) is 68.3 Å². The number of carbonyl (C=O) groups is 4. The number of aromatic nitrogens is 1. The number of para-hydroxylation sites is 1. The lowest BCUT2D eigenvalue weighted by molar-refractivity contribution is -0.149. The van der Waals surface area contributed by atoms with Crippen LogP contribution in [0.3, 0.4) is 0 Å². The minimum Gasteiger partial charge on any atom is -0.479 e. The van der Waals surface area contributed by atoms with Gasteiger partial charge in [-0.2, -0.15) is 13.2 Å². The highest BCUT2D eigenvalue weighted by Crippen LogP contribution is 2.47. The molecule has 2 aromatic carbocycles. The number of amides is 3. The largest absolute Gasteiger partial charge is 0.479 e. The summed E-state index contributed by atoms with van der Waals surface area (Å²) < 4.78 is 62.8. The molecule has 3 amide bonds. The summed E-state index contributed by atoms with van der Waals surface area (Å²) in [6, 6.07) is 7.59. The van der Waals surface area contributed by atoms with Gasteiger partial charge in [0, 0.05) is 48.5 Å². The number of carboxylic acid groups (broad SMARTS) is 1. The van der Waals surface area contributed by atoms with Gasteiger partial charge in [-0.1, -0.05) is 57.5 Å². The molecule has 0 radical (unpaired) electrons. The van der Waals surface area contributed by atoms with Crippen molar-refractivity contribution in [3.05, 3.63) is 70.7 Å². The van der Waals surface area contributed by atoms with E-state index < -0.39 is 76.6 Å². The van der Waals surface area contributed by atoms with Gasteiger partial charge >= 0.3 is 12.1 Å². The second-order valence-corrected chi connectivity index (χ2v) is 14.1. The third kappa shape index (κ3) is 8.10. The number of fused-ring (bicyclic) bond motifs is 3. The number of H-pyrrole nitrogens is 1. The second-order valence-electron chi connectivity index (χ2n) is 14.1. The molecule has 0 bridgehead atoms. The smallest absolute Gasteiger partial charge is 0.418 e. The van der Waals surface area contributed by atoms with Crippen LogP contribution >= 0.6 is 0 Å². The van der Waals surface area contributed by atoms with Gasteiger partial charge in [0.2, 0.25) is 17.7 Å². The summed E-state index contributed by atoms with van der Waals surface area (Å²) >= 11 is 0. The van der Waals surface area contributed by atoms with Gasteiger partial charge in [-0.3, -0.25) is 19.3 Å². The van der Waals surface area contributed by atoms with Gasteiger partial charge in [0.1, 0.15) is 17.4 Å². The molecule has 3 aromatic rings. The first-order valence-electron chi connectivity index (χ1n) is 17.5. The molecular formula is C37H45F4N5O6. The Kier molecular flexibility index (Phi) is 11.6. The normalized spacial score (nSPS) is 21.8. The maximum Gasteiger partial charge on any atom is 0.418 e. The molecule has 6 atom stereocenters. The number of hydrogen-bond donors (Lipinski definition) is 5. The molecule has 5 unspecified atom stereocenters. The summed E-state index contributed by atoms with van der Waals surface area (Å²) in [6.45, 7) is 6.64. The van der Waals surface area contributed by atoms with Crippen molar-refractivity contribution in [3.63, 3.8) is 0 Å². The highest BCUT2D eigenvalue weighted by molar-refractivity contribution is 5.95. The number of nitrogens with one attached hydrogen (secondary N) is 3. The Morgan fingerprint density at radius 1 is 1.10 bits per heavy atom.